The number of nitrogens with zero attached hydrogens (tertiary/aromatic N) is 3. The standard InChI is InChI=1S/C13H12ClN3O2/c14-10-2-4-11(5-3-10)17(9-13(18)19)8-12-15-6-1-7-16-12/h1-7H,8-9H2,(H,18,19). The Labute approximate surface area is 115 Å². The highest BCUT2D eigenvalue weighted by Gasteiger charge is 2.12. The monoisotopic (exact) mass is 277 g/mol. The van der Waals surface area contributed by atoms with Crippen LogP contribution in [0.2, 0.25) is 5.02 Å². The van der Waals surface area contributed by atoms with Crippen LogP contribution < -0.4 is 4.90 Å². The van der Waals surface area contributed by atoms with Gasteiger partial charge >= 0.3 is 5.97 Å². The fourth-order valence-electron chi connectivity index (χ4n) is 1.64. The van der Waals surface area contributed by atoms with E-state index >= 15 is 0 Å². The molecule has 2 aromatic rings. The van der Waals surface area contributed by atoms with Gasteiger partial charge in [-0.05, 0) is 30.3 Å². The second-order valence-electron chi connectivity index (χ2n) is 3.89. The van der Waals surface area contributed by atoms with Crippen molar-refractivity contribution in [3.63, 3.8) is 0 Å². The van der Waals surface area contributed by atoms with Gasteiger partial charge in [-0.15, -0.1) is 0 Å². The van der Waals surface area contributed by atoms with E-state index in [9.17, 15) is 4.79 Å². The number of carbonyl (C=O) groups is 1. The van der Waals surface area contributed by atoms with Crippen molar-refractivity contribution in [2.24, 2.45) is 0 Å². The molecule has 1 heterocycles. The number of halogens is 1. The molecule has 2 rings (SSSR count). The topological polar surface area (TPSA) is 66.3 Å². The normalized spacial score (nSPS) is 10.2. The van der Waals surface area contributed by atoms with Crippen LogP contribution >= 0.6 is 11.6 Å². The molecule has 0 aliphatic rings. The maximum Gasteiger partial charge on any atom is 0.323 e. The Morgan fingerprint density at radius 2 is 1.84 bits per heavy atom. The number of rotatable bonds is 5. The first kappa shape index (κ1) is 13.3. The summed E-state index contributed by atoms with van der Waals surface area (Å²) in [7, 11) is 0. The zero-order chi connectivity index (χ0) is 13.7. The molecule has 0 saturated heterocycles. The Bertz CT molecular complexity index is 546. The van der Waals surface area contributed by atoms with Gasteiger partial charge in [-0.2, -0.15) is 0 Å². The van der Waals surface area contributed by atoms with Crippen molar-refractivity contribution in [3.8, 4) is 0 Å². The Kier molecular flexibility index (Phi) is 4.30. The van der Waals surface area contributed by atoms with Gasteiger partial charge in [0, 0.05) is 23.1 Å². The van der Waals surface area contributed by atoms with Crippen LogP contribution in [0, 0.1) is 0 Å². The third-order valence-corrected chi connectivity index (χ3v) is 2.72. The summed E-state index contributed by atoms with van der Waals surface area (Å²) < 4.78 is 0. The molecule has 0 unspecified atom stereocenters. The summed E-state index contributed by atoms with van der Waals surface area (Å²) in [6.07, 6.45) is 3.26. The lowest BCUT2D eigenvalue weighted by Crippen LogP contribution is -2.29. The van der Waals surface area contributed by atoms with Gasteiger partial charge in [-0.3, -0.25) is 4.79 Å². The number of benzene rings is 1. The smallest absolute Gasteiger partial charge is 0.323 e. The van der Waals surface area contributed by atoms with Crippen LogP contribution in [-0.2, 0) is 11.3 Å². The largest absolute Gasteiger partial charge is 0.480 e. The SMILES string of the molecule is O=C(O)CN(Cc1ncccn1)c1ccc(Cl)cc1. The van der Waals surface area contributed by atoms with Crippen LogP contribution in [0.3, 0.4) is 0 Å². The number of carboxylic acids is 1. The van der Waals surface area contributed by atoms with Gasteiger partial charge in [0.05, 0.1) is 6.54 Å². The molecule has 0 aliphatic carbocycles. The summed E-state index contributed by atoms with van der Waals surface area (Å²) in [5, 5.41) is 9.58. The fraction of sp³-hybridized carbons (Fsp3) is 0.154. The Balaban J connectivity index is 2.20. The van der Waals surface area contributed by atoms with Crippen LogP contribution in [0.25, 0.3) is 0 Å². The average Bonchev–Trinajstić information content (AvgIpc) is 2.39. The number of carboxylic acid groups (broad SMARTS) is 1. The van der Waals surface area contributed by atoms with Gasteiger partial charge < -0.3 is 10.0 Å². The summed E-state index contributed by atoms with van der Waals surface area (Å²) in [6.45, 7) is 0.203. The summed E-state index contributed by atoms with van der Waals surface area (Å²) in [4.78, 5) is 20.8. The molecule has 0 spiro atoms. The van der Waals surface area contributed by atoms with E-state index in [2.05, 4.69) is 9.97 Å². The lowest BCUT2D eigenvalue weighted by molar-refractivity contribution is -0.135. The maximum atomic E-state index is 10.9. The quantitative estimate of drug-likeness (QED) is 0.908. The predicted molar refractivity (Wildman–Crippen MR) is 72.2 cm³/mol. The zero-order valence-corrected chi connectivity index (χ0v) is 10.8. The molecule has 5 nitrogen and oxygen atoms in total. The van der Waals surface area contributed by atoms with E-state index in [1.807, 2.05) is 0 Å². The minimum absolute atomic E-state index is 0.125. The molecule has 6 heteroatoms. The van der Waals surface area contributed by atoms with Crippen LogP contribution in [0.5, 0.6) is 0 Å². The first-order chi connectivity index (χ1) is 9.15. The highest BCUT2D eigenvalue weighted by molar-refractivity contribution is 6.30. The number of hydrogen-bond acceptors (Lipinski definition) is 4. The highest BCUT2D eigenvalue weighted by Crippen LogP contribution is 2.19. The van der Waals surface area contributed by atoms with Crippen molar-refractivity contribution < 1.29 is 9.90 Å². The third kappa shape index (κ3) is 3.93. The molecular weight excluding hydrogens is 266 g/mol. The van der Waals surface area contributed by atoms with Gasteiger partial charge in [-0.25, -0.2) is 9.97 Å². The Hall–Kier alpha value is -2.14. The van der Waals surface area contributed by atoms with E-state index < -0.39 is 5.97 Å². The average molecular weight is 278 g/mol. The summed E-state index contributed by atoms with van der Waals surface area (Å²) in [5.74, 6) is -0.343. The van der Waals surface area contributed by atoms with E-state index in [1.54, 1.807) is 47.6 Å². The van der Waals surface area contributed by atoms with Crippen LogP contribution in [0.15, 0.2) is 42.7 Å². The molecule has 1 N–H and O–H groups in total. The lowest BCUT2D eigenvalue weighted by atomic mass is 10.2. The van der Waals surface area contributed by atoms with E-state index in [0.717, 1.165) is 5.69 Å². The molecule has 0 atom stereocenters. The van der Waals surface area contributed by atoms with Crippen molar-refractivity contribution in [1.29, 1.82) is 0 Å². The third-order valence-electron chi connectivity index (χ3n) is 2.47. The molecule has 0 radical (unpaired) electrons. The Morgan fingerprint density at radius 3 is 2.42 bits per heavy atom. The lowest BCUT2D eigenvalue weighted by Gasteiger charge is -2.21. The molecule has 0 fully saturated rings. The highest BCUT2D eigenvalue weighted by atomic mass is 35.5. The molecule has 19 heavy (non-hydrogen) atoms. The molecule has 1 aromatic carbocycles. The molecular formula is C13H12ClN3O2. The van der Waals surface area contributed by atoms with E-state index in [-0.39, 0.29) is 6.54 Å². The predicted octanol–water partition coefficient (Wildman–Crippen LogP) is 2.22. The first-order valence-electron chi connectivity index (χ1n) is 5.63. The van der Waals surface area contributed by atoms with Crippen LogP contribution in [0.4, 0.5) is 5.69 Å². The van der Waals surface area contributed by atoms with Gasteiger partial charge in [0.15, 0.2) is 0 Å². The van der Waals surface area contributed by atoms with Gasteiger partial charge in [-0.1, -0.05) is 11.6 Å². The number of hydrogen-bond donors (Lipinski definition) is 1. The van der Waals surface area contributed by atoms with Crippen LogP contribution in [-0.4, -0.2) is 27.6 Å². The molecule has 0 bridgehead atoms. The van der Waals surface area contributed by atoms with Gasteiger partial charge in [0.2, 0.25) is 0 Å². The molecule has 1 aromatic heterocycles. The summed E-state index contributed by atoms with van der Waals surface area (Å²) >= 11 is 5.82. The van der Waals surface area contributed by atoms with Crippen molar-refractivity contribution in [3.05, 3.63) is 53.6 Å². The minimum atomic E-state index is -0.911. The zero-order valence-electron chi connectivity index (χ0n) is 10.0. The molecule has 98 valence electrons. The number of anilines is 1. The van der Waals surface area contributed by atoms with Crippen LogP contribution in [0.1, 0.15) is 5.82 Å². The second-order valence-corrected chi connectivity index (χ2v) is 4.33. The maximum absolute atomic E-state index is 10.9. The van der Waals surface area contributed by atoms with Crippen molar-refractivity contribution in [2.45, 2.75) is 6.54 Å². The summed E-state index contributed by atoms with van der Waals surface area (Å²) in [5.41, 5.74) is 0.763. The van der Waals surface area contributed by atoms with Crippen molar-refractivity contribution in [2.75, 3.05) is 11.4 Å². The minimum Gasteiger partial charge on any atom is -0.480 e. The first-order valence-corrected chi connectivity index (χ1v) is 6.01. The summed E-state index contributed by atoms with van der Waals surface area (Å²) in [6, 6.07) is 8.70. The fourth-order valence-corrected chi connectivity index (χ4v) is 1.76. The van der Waals surface area contributed by atoms with Crippen molar-refractivity contribution >= 4 is 23.3 Å². The van der Waals surface area contributed by atoms with E-state index in [4.69, 9.17) is 16.7 Å². The van der Waals surface area contributed by atoms with Crippen molar-refractivity contribution in [1.82, 2.24) is 9.97 Å². The van der Waals surface area contributed by atoms with Gasteiger partial charge in [0.1, 0.15) is 12.4 Å². The number of aliphatic carboxylic acids is 1. The molecule has 0 amide bonds. The Morgan fingerprint density at radius 1 is 1.21 bits per heavy atom. The van der Waals surface area contributed by atoms with E-state index in [1.165, 1.54) is 0 Å². The van der Waals surface area contributed by atoms with E-state index in [0.29, 0.717) is 17.4 Å². The molecule has 0 saturated carbocycles. The van der Waals surface area contributed by atoms with Gasteiger partial charge in [0.25, 0.3) is 0 Å². The molecule has 0 aliphatic heterocycles. The number of aromatic nitrogens is 2. The second kappa shape index (κ2) is 6.15.